The molecule has 110 valence electrons. The van der Waals surface area contributed by atoms with Crippen molar-refractivity contribution in [3.63, 3.8) is 0 Å². The van der Waals surface area contributed by atoms with E-state index in [9.17, 15) is 9.59 Å². The highest BCUT2D eigenvalue weighted by Gasteiger charge is 2.13. The van der Waals surface area contributed by atoms with Crippen molar-refractivity contribution in [1.82, 2.24) is 5.32 Å². The summed E-state index contributed by atoms with van der Waals surface area (Å²) in [5, 5.41) is 5.55. The summed E-state index contributed by atoms with van der Waals surface area (Å²) in [6, 6.07) is 4.03. The summed E-state index contributed by atoms with van der Waals surface area (Å²) >= 11 is 5.89. The Morgan fingerprint density at radius 3 is 2.65 bits per heavy atom. The second kappa shape index (κ2) is 7.72. The van der Waals surface area contributed by atoms with Gasteiger partial charge in [-0.2, -0.15) is 0 Å². The SMILES string of the molecule is COC[C@@H](C)NC(=O)Nc1ccc(Cl)c(C(=O)OC)c1. The lowest BCUT2D eigenvalue weighted by Crippen LogP contribution is -2.38. The molecule has 0 fully saturated rings. The quantitative estimate of drug-likeness (QED) is 0.818. The minimum atomic E-state index is -0.563. The Bertz CT molecular complexity index is 493. The Hall–Kier alpha value is -1.79. The van der Waals surface area contributed by atoms with Gasteiger partial charge in [0.1, 0.15) is 0 Å². The molecular weight excluding hydrogens is 284 g/mol. The molecule has 6 nitrogen and oxygen atoms in total. The van der Waals surface area contributed by atoms with E-state index in [0.29, 0.717) is 12.3 Å². The van der Waals surface area contributed by atoms with Crippen molar-refractivity contribution in [2.24, 2.45) is 0 Å². The van der Waals surface area contributed by atoms with E-state index < -0.39 is 12.0 Å². The summed E-state index contributed by atoms with van der Waals surface area (Å²) in [6.45, 7) is 2.21. The number of amides is 2. The number of ether oxygens (including phenoxy) is 2. The zero-order chi connectivity index (χ0) is 15.1. The van der Waals surface area contributed by atoms with E-state index in [-0.39, 0.29) is 16.6 Å². The summed E-state index contributed by atoms with van der Waals surface area (Å²) in [5.74, 6) is -0.563. The molecule has 0 unspecified atom stereocenters. The first kappa shape index (κ1) is 16.3. The van der Waals surface area contributed by atoms with E-state index >= 15 is 0 Å². The van der Waals surface area contributed by atoms with Gasteiger partial charge in [-0.25, -0.2) is 9.59 Å². The first-order valence-electron chi connectivity index (χ1n) is 5.92. The van der Waals surface area contributed by atoms with Crippen LogP contribution in [0.1, 0.15) is 17.3 Å². The van der Waals surface area contributed by atoms with E-state index in [1.807, 2.05) is 6.92 Å². The highest BCUT2D eigenvalue weighted by Crippen LogP contribution is 2.21. The molecule has 0 aliphatic carbocycles. The van der Waals surface area contributed by atoms with Crippen LogP contribution < -0.4 is 10.6 Å². The maximum absolute atomic E-state index is 11.7. The second-order valence-corrected chi connectivity index (χ2v) is 4.55. The van der Waals surface area contributed by atoms with Gasteiger partial charge in [0.2, 0.25) is 0 Å². The highest BCUT2D eigenvalue weighted by atomic mass is 35.5. The van der Waals surface area contributed by atoms with Crippen LogP contribution in [0.2, 0.25) is 5.02 Å². The predicted octanol–water partition coefficient (Wildman–Crippen LogP) is 2.28. The summed E-state index contributed by atoms with van der Waals surface area (Å²) in [5.41, 5.74) is 0.633. The fourth-order valence-corrected chi connectivity index (χ4v) is 1.75. The highest BCUT2D eigenvalue weighted by molar-refractivity contribution is 6.33. The van der Waals surface area contributed by atoms with Crippen molar-refractivity contribution in [3.8, 4) is 0 Å². The third-order valence-corrected chi connectivity index (χ3v) is 2.75. The molecule has 20 heavy (non-hydrogen) atoms. The van der Waals surface area contributed by atoms with Gasteiger partial charge in [-0.3, -0.25) is 0 Å². The molecule has 0 aromatic heterocycles. The summed E-state index contributed by atoms with van der Waals surface area (Å²) in [6.07, 6.45) is 0. The van der Waals surface area contributed by atoms with Gasteiger partial charge >= 0.3 is 12.0 Å². The molecule has 0 aliphatic rings. The Kier molecular flexibility index (Phi) is 6.27. The summed E-state index contributed by atoms with van der Waals surface area (Å²) in [4.78, 5) is 23.2. The third kappa shape index (κ3) is 4.71. The van der Waals surface area contributed by atoms with Crippen LogP contribution in [0.15, 0.2) is 18.2 Å². The molecule has 1 aromatic rings. The molecule has 0 saturated carbocycles. The predicted molar refractivity (Wildman–Crippen MR) is 76.3 cm³/mol. The molecule has 0 spiro atoms. The van der Waals surface area contributed by atoms with Crippen LogP contribution in [-0.2, 0) is 9.47 Å². The number of esters is 1. The van der Waals surface area contributed by atoms with E-state index in [2.05, 4.69) is 15.4 Å². The standard InChI is InChI=1S/C13H17ClN2O4/c1-8(7-19-2)15-13(18)16-9-4-5-11(14)10(6-9)12(17)20-3/h4-6,8H,7H2,1-3H3,(H2,15,16,18)/t8-/m1/s1. The number of carbonyl (C=O) groups is 2. The molecule has 7 heteroatoms. The van der Waals surface area contributed by atoms with Gasteiger partial charge < -0.3 is 20.1 Å². The van der Waals surface area contributed by atoms with E-state index in [1.165, 1.54) is 19.2 Å². The van der Waals surface area contributed by atoms with Gasteiger partial charge in [0.25, 0.3) is 0 Å². The molecule has 0 bridgehead atoms. The second-order valence-electron chi connectivity index (χ2n) is 4.14. The number of carbonyl (C=O) groups excluding carboxylic acids is 2. The van der Waals surface area contributed by atoms with Crippen molar-refractivity contribution in [2.75, 3.05) is 26.1 Å². The molecular formula is C13H17ClN2O4. The minimum Gasteiger partial charge on any atom is -0.465 e. The lowest BCUT2D eigenvalue weighted by atomic mass is 10.2. The monoisotopic (exact) mass is 300 g/mol. The zero-order valence-electron chi connectivity index (χ0n) is 11.5. The largest absolute Gasteiger partial charge is 0.465 e. The molecule has 1 atom stereocenters. The Morgan fingerprint density at radius 1 is 1.35 bits per heavy atom. The number of nitrogens with one attached hydrogen (secondary N) is 2. The number of hydrogen-bond acceptors (Lipinski definition) is 4. The van der Waals surface area contributed by atoms with Crippen LogP contribution in [-0.4, -0.2) is 38.9 Å². The fraction of sp³-hybridized carbons (Fsp3) is 0.385. The molecule has 0 heterocycles. The van der Waals surface area contributed by atoms with Gasteiger partial charge in [0.15, 0.2) is 0 Å². The van der Waals surface area contributed by atoms with Crippen LogP contribution in [0.3, 0.4) is 0 Å². The van der Waals surface area contributed by atoms with Crippen LogP contribution in [0.4, 0.5) is 10.5 Å². The number of benzene rings is 1. The normalized spacial score (nSPS) is 11.6. The Morgan fingerprint density at radius 2 is 2.05 bits per heavy atom. The summed E-state index contributed by atoms with van der Waals surface area (Å²) in [7, 11) is 2.82. The lowest BCUT2D eigenvalue weighted by molar-refractivity contribution is 0.0601. The average Bonchev–Trinajstić information content (AvgIpc) is 2.40. The van der Waals surface area contributed by atoms with Crippen molar-refractivity contribution < 1.29 is 19.1 Å². The molecule has 1 aromatic carbocycles. The molecule has 0 aliphatic heterocycles. The maximum atomic E-state index is 11.7. The van der Waals surface area contributed by atoms with Crippen LogP contribution in [0.25, 0.3) is 0 Å². The van der Waals surface area contributed by atoms with Crippen molar-refractivity contribution in [2.45, 2.75) is 13.0 Å². The number of rotatable bonds is 5. The minimum absolute atomic E-state index is 0.132. The Labute approximate surface area is 122 Å². The van der Waals surface area contributed by atoms with Crippen molar-refractivity contribution >= 4 is 29.3 Å². The number of hydrogen-bond donors (Lipinski definition) is 2. The van der Waals surface area contributed by atoms with E-state index in [4.69, 9.17) is 16.3 Å². The summed E-state index contributed by atoms with van der Waals surface area (Å²) < 4.78 is 9.52. The van der Waals surface area contributed by atoms with Gasteiger partial charge in [-0.1, -0.05) is 11.6 Å². The zero-order valence-corrected chi connectivity index (χ0v) is 12.3. The molecule has 1 rings (SSSR count). The van der Waals surface area contributed by atoms with Crippen LogP contribution in [0.5, 0.6) is 0 Å². The third-order valence-electron chi connectivity index (χ3n) is 2.42. The first-order valence-corrected chi connectivity index (χ1v) is 6.30. The number of anilines is 1. The smallest absolute Gasteiger partial charge is 0.339 e. The van der Waals surface area contributed by atoms with Gasteiger partial charge in [0.05, 0.1) is 30.3 Å². The average molecular weight is 301 g/mol. The molecule has 2 amide bonds. The van der Waals surface area contributed by atoms with E-state index in [0.717, 1.165) is 0 Å². The van der Waals surface area contributed by atoms with Gasteiger partial charge in [-0.15, -0.1) is 0 Å². The van der Waals surface area contributed by atoms with Crippen LogP contribution >= 0.6 is 11.6 Å². The first-order chi connectivity index (χ1) is 9.47. The lowest BCUT2D eigenvalue weighted by Gasteiger charge is -2.14. The molecule has 0 saturated heterocycles. The fourth-order valence-electron chi connectivity index (χ4n) is 1.55. The number of urea groups is 1. The molecule has 2 N–H and O–H groups in total. The molecule has 0 radical (unpaired) electrons. The number of halogens is 1. The maximum Gasteiger partial charge on any atom is 0.339 e. The number of methoxy groups -OCH3 is 2. The van der Waals surface area contributed by atoms with Crippen LogP contribution in [0, 0.1) is 0 Å². The van der Waals surface area contributed by atoms with Crippen molar-refractivity contribution in [1.29, 1.82) is 0 Å². The van der Waals surface area contributed by atoms with Gasteiger partial charge in [0, 0.05) is 12.8 Å². The van der Waals surface area contributed by atoms with Crippen molar-refractivity contribution in [3.05, 3.63) is 28.8 Å². The van der Waals surface area contributed by atoms with E-state index in [1.54, 1.807) is 13.2 Å². The van der Waals surface area contributed by atoms with Gasteiger partial charge in [-0.05, 0) is 25.1 Å². The topological polar surface area (TPSA) is 76.7 Å². The Balaban J connectivity index is 2.73.